The number of nitrogens with one attached hydrogen (secondary N) is 2. The van der Waals surface area contributed by atoms with E-state index >= 15 is 0 Å². The maximum atomic E-state index is 12.3. The largest absolute Gasteiger partial charge is 0.379 e. The Morgan fingerprint density at radius 3 is 3.00 bits per heavy atom. The van der Waals surface area contributed by atoms with Gasteiger partial charge in [0.1, 0.15) is 18.2 Å². The highest BCUT2D eigenvalue weighted by molar-refractivity contribution is 5.76. The number of ether oxygens (including phenoxy) is 1. The summed E-state index contributed by atoms with van der Waals surface area (Å²) in [5, 5.41) is 10.6. The molecular formula is C16H22N6O2. The van der Waals surface area contributed by atoms with Gasteiger partial charge >= 0.3 is 0 Å². The van der Waals surface area contributed by atoms with E-state index in [1.165, 1.54) is 0 Å². The van der Waals surface area contributed by atoms with Gasteiger partial charge in [-0.25, -0.2) is 9.97 Å². The third-order valence-electron chi connectivity index (χ3n) is 3.89. The first-order valence-corrected chi connectivity index (χ1v) is 8.03. The van der Waals surface area contributed by atoms with Crippen LogP contribution in [0.25, 0.3) is 0 Å². The summed E-state index contributed by atoms with van der Waals surface area (Å²) in [4.78, 5) is 20.7. The van der Waals surface area contributed by atoms with Crippen molar-refractivity contribution in [2.24, 2.45) is 0 Å². The Kier molecular flexibility index (Phi) is 5.05. The molecule has 24 heavy (non-hydrogen) atoms. The Balaban J connectivity index is 1.60. The molecule has 0 spiro atoms. The minimum absolute atomic E-state index is 0.0156. The summed E-state index contributed by atoms with van der Waals surface area (Å²) in [6.07, 6.45) is 4.27. The van der Waals surface area contributed by atoms with Gasteiger partial charge in [-0.3, -0.25) is 9.48 Å². The fourth-order valence-corrected chi connectivity index (χ4v) is 2.73. The number of rotatable bonds is 5. The quantitative estimate of drug-likeness (QED) is 0.837. The van der Waals surface area contributed by atoms with Crippen LogP contribution in [0.3, 0.4) is 0 Å². The molecule has 0 saturated carbocycles. The number of nitrogens with zero attached hydrogens (tertiary/aromatic N) is 4. The molecule has 128 valence electrons. The average Bonchev–Trinajstić information content (AvgIpc) is 2.94. The third-order valence-corrected chi connectivity index (χ3v) is 3.89. The zero-order chi connectivity index (χ0) is 16.9. The molecule has 1 aliphatic rings. The Morgan fingerprint density at radius 1 is 1.38 bits per heavy atom. The second-order valence-corrected chi connectivity index (χ2v) is 5.93. The molecule has 3 heterocycles. The molecule has 0 aromatic carbocycles. The lowest BCUT2D eigenvalue weighted by atomic mass is 10.0. The standard InChI is InChI=1S/C16H22N6O2/c1-11-4-7-22(21-11)9-16(23)20-13-5-8-24-10-14(13)19-15-3-6-17-12(2)18-15/h3-4,6-7,13-14H,5,8-10H2,1-2H3,(H,20,23)(H,17,18,19)/t13-,14+/m0/s1. The van der Waals surface area contributed by atoms with Gasteiger partial charge in [-0.1, -0.05) is 0 Å². The molecule has 2 aromatic heterocycles. The van der Waals surface area contributed by atoms with Gasteiger partial charge in [-0.05, 0) is 32.4 Å². The van der Waals surface area contributed by atoms with Crippen molar-refractivity contribution in [2.45, 2.75) is 38.9 Å². The maximum Gasteiger partial charge on any atom is 0.242 e. The van der Waals surface area contributed by atoms with Gasteiger partial charge in [0.05, 0.1) is 24.4 Å². The van der Waals surface area contributed by atoms with E-state index in [9.17, 15) is 4.79 Å². The highest BCUT2D eigenvalue weighted by atomic mass is 16.5. The predicted molar refractivity (Wildman–Crippen MR) is 88.5 cm³/mol. The summed E-state index contributed by atoms with van der Waals surface area (Å²) in [5.41, 5.74) is 0.896. The first-order valence-electron chi connectivity index (χ1n) is 8.03. The van der Waals surface area contributed by atoms with Crippen molar-refractivity contribution in [2.75, 3.05) is 18.5 Å². The minimum Gasteiger partial charge on any atom is -0.379 e. The second kappa shape index (κ2) is 7.39. The molecule has 3 rings (SSSR count). The summed E-state index contributed by atoms with van der Waals surface area (Å²) in [5.74, 6) is 1.38. The van der Waals surface area contributed by atoms with E-state index in [4.69, 9.17) is 4.74 Å². The van der Waals surface area contributed by atoms with Gasteiger partial charge in [-0.15, -0.1) is 0 Å². The second-order valence-electron chi connectivity index (χ2n) is 5.93. The minimum atomic E-state index is -0.0596. The normalized spacial score (nSPS) is 20.6. The van der Waals surface area contributed by atoms with Crippen LogP contribution in [0.15, 0.2) is 24.5 Å². The summed E-state index contributed by atoms with van der Waals surface area (Å²) in [7, 11) is 0. The average molecular weight is 330 g/mol. The number of hydrogen-bond donors (Lipinski definition) is 2. The maximum absolute atomic E-state index is 12.3. The van der Waals surface area contributed by atoms with Crippen LogP contribution in [0.1, 0.15) is 17.9 Å². The highest BCUT2D eigenvalue weighted by Crippen LogP contribution is 2.13. The van der Waals surface area contributed by atoms with E-state index in [1.807, 2.05) is 26.0 Å². The predicted octanol–water partition coefficient (Wildman–Crippen LogP) is 0.676. The summed E-state index contributed by atoms with van der Waals surface area (Å²) < 4.78 is 7.18. The molecule has 8 nitrogen and oxygen atoms in total. The van der Waals surface area contributed by atoms with Crippen LogP contribution in [0, 0.1) is 13.8 Å². The molecule has 0 radical (unpaired) electrons. The van der Waals surface area contributed by atoms with E-state index in [0.717, 1.165) is 17.9 Å². The van der Waals surface area contributed by atoms with Gasteiger partial charge in [-0.2, -0.15) is 5.10 Å². The Morgan fingerprint density at radius 2 is 2.25 bits per heavy atom. The van der Waals surface area contributed by atoms with Crippen molar-refractivity contribution in [1.29, 1.82) is 0 Å². The van der Waals surface area contributed by atoms with Crippen LogP contribution in [0.5, 0.6) is 0 Å². The molecule has 0 bridgehead atoms. The lowest BCUT2D eigenvalue weighted by Gasteiger charge is -2.33. The molecule has 1 amide bonds. The fourth-order valence-electron chi connectivity index (χ4n) is 2.73. The number of aryl methyl sites for hydroxylation is 2. The van der Waals surface area contributed by atoms with E-state index in [-0.39, 0.29) is 24.5 Å². The SMILES string of the molecule is Cc1ccn(CC(=O)N[C@H]2CCOC[C@H]2Nc2ccnc(C)n2)n1. The van der Waals surface area contributed by atoms with Crippen LogP contribution < -0.4 is 10.6 Å². The van der Waals surface area contributed by atoms with Crippen LogP contribution in [0.2, 0.25) is 0 Å². The highest BCUT2D eigenvalue weighted by Gasteiger charge is 2.27. The first-order chi connectivity index (χ1) is 11.6. The van der Waals surface area contributed by atoms with Crippen molar-refractivity contribution in [3.8, 4) is 0 Å². The smallest absolute Gasteiger partial charge is 0.242 e. The van der Waals surface area contributed by atoms with Crippen molar-refractivity contribution < 1.29 is 9.53 Å². The summed E-state index contributed by atoms with van der Waals surface area (Å²) in [6.45, 7) is 5.11. The van der Waals surface area contributed by atoms with Crippen molar-refractivity contribution in [3.05, 3.63) is 36.0 Å². The molecule has 1 aliphatic heterocycles. The Bertz CT molecular complexity index is 701. The number of aromatic nitrogens is 4. The summed E-state index contributed by atoms with van der Waals surface area (Å²) >= 11 is 0. The van der Waals surface area contributed by atoms with Gasteiger partial charge < -0.3 is 15.4 Å². The number of hydrogen-bond acceptors (Lipinski definition) is 6. The summed E-state index contributed by atoms with van der Waals surface area (Å²) in [6, 6.07) is 3.64. The Labute approximate surface area is 140 Å². The lowest BCUT2D eigenvalue weighted by Crippen LogP contribution is -2.53. The monoisotopic (exact) mass is 330 g/mol. The zero-order valence-electron chi connectivity index (χ0n) is 13.9. The van der Waals surface area contributed by atoms with Crippen molar-refractivity contribution in [1.82, 2.24) is 25.1 Å². The van der Waals surface area contributed by atoms with Crippen LogP contribution >= 0.6 is 0 Å². The topological polar surface area (TPSA) is 94.0 Å². The molecule has 2 N–H and O–H groups in total. The van der Waals surface area contributed by atoms with Crippen LogP contribution in [-0.2, 0) is 16.1 Å². The number of carbonyl (C=O) groups is 1. The van der Waals surface area contributed by atoms with Gasteiger partial charge in [0.15, 0.2) is 0 Å². The van der Waals surface area contributed by atoms with E-state index in [1.54, 1.807) is 17.1 Å². The number of anilines is 1. The molecule has 0 aliphatic carbocycles. The molecule has 8 heteroatoms. The molecule has 1 saturated heterocycles. The Hall–Kier alpha value is -2.48. The van der Waals surface area contributed by atoms with Crippen molar-refractivity contribution in [3.63, 3.8) is 0 Å². The molecule has 2 aromatic rings. The van der Waals surface area contributed by atoms with Crippen LogP contribution in [-0.4, -0.2) is 51.0 Å². The van der Waals surface area contributed by atoms with Gasteiger partial charge in [0, 0.05) is 19.0 Å². The molecular weight excluding hydrogens is 308 g/mol. The van der Waals surface area contributed by atoms with E-state index in [0.29, 0.717) is 19.0 Å². The molecule has 2 atom stereocenters. The van der Waals surface area contributed by atoms with Crippen molar-refractivity contribution >= 4 is 11.7 Å². The van der Waals surface area contributed by atoms with E-state index in [2.05, 4.69) is 25.7 Å². The third kappa shape index (κ3) is 4.29. The molecule has 0 unspecified atom stereocenters. The van der Waals surface area contributed by atoms with Gasteiger partial charge in [0.25, 0.3) is 0 Å². The number of carbonyl (C=O) groups excluding carboxylic acids is 1. The first kappa shape index (κ1) is 16.4. The zero-order valence-corrected chi connectivity index (χ0v) is 13.9. The fraction of sp³-hybridized carbons (Fsp3) is 0.500. The van der Waals surface area contributed by atoms with Crippen LogP contribution in [0.4, 0.5) is 5.82 Å². The molecule has 1 fully saturated rings. The van der Waals surface area contributed by atoms with E-state index < -0.39 is 0 Å². The number of amides is 1. The lowest BCUT2D eigenvalue weighted by molar-refractivity contribution is -0.123. The van der Waals surface area contributed by atoms with Gasteiger partial charge in [0.2, 0.25) is 5.91 Å².